The van der Waals surface area contributed by atoms with E-state index in [1.54, 1.807) is 0 Å². The van der Waals surface area contributed by atoms with Crippen molar-refractivity contribution in [2.24, 2.45) is 0 Å². The van der Waals surface area contributed by atoms with Gasteiger partial charge in [0.2, 0.25) is 0 Å². The molecule has 0 aromatic heterocycles. The summed E-state index contributed by atoms with van der Waals surface area (Å²) in [7, 11) is 0. The molecule has 0 saturated carbocycles. The van der Waals surface area contributed by atoms with Crippen molar-refractivity contribution in [3.05, 3.63) is 0 Å². The van der Waals surface area contributed by atoms with Gasteiger partial charge in [0, 0.05) is 32.7 Å². The molecule has 0 bridgehead atoms. The Balaban J connectivity index is 2.56. The number of hydrogen-bond donors (Lipinski definition) is 3. The van der Waals surface area contributed by atoms with E-state index < -0.39 is 18.3 Å². The number of nitrogens with zero attached hydrogens (tertiary/aromatic N) is 2. The lowest BCUT2D eigenvalue weighted by atomic mass is 10.3. The first-order valence-corrected chi connectivity index (χ1v) is 6.15. The Hall–Kier alpha value is -0.730. The normalized spacial score (nSPS) is 23.9. The van der Waals surface area contributed by atoms with Gasteiger partial charge in [-0.2, -0.15) is 0 Å². The Bertz CT molecular complexity index is 262. The molecule has 2 atom stereocenters. The van der Waals surface area contributed by atoms with Gasteiger partial charge in [-0.15, -0.1) is 0 Å². The van der Waals surface area contributed by atoms with E-state index in [4.69, 9.17) is 20.1 Å². The minimum Gasteiger partial charge on any atom is -0.443 e. The molecule has 0 aliphatic carbocycles. The topological polar surface area (TPSA) is 93.5 Å². The van der Waals surface area contributed by atoms with Gasteiger partial charge in [0.25, 0.3) is 0 Å². The van der Waals surface area contributed by atoms with Crippen LogP contribution in [0.4, 0.5) is 0 Å². The minimum atomic E-state index is -1.16. The molecule has 2 unspecified atom stereocenters. The van der Waals surface area contributed by atoms with Crippen LogP contribution in [0.2, 0.25) is 0 Å². The van der Waals surface area contributed by atoms with Crippen molar-refractivity contribution in [2.75, 3.05) is 45.9 Å². The second-order valence-electron chi connectivity index (χ2n) is 4.35. The zero-order chi connectivity index (χ0) is 13.5. The predicted molar refractivity (Wildman–Crippen MR) is 63.7 cm³/mol. The molecule has 0 aromatic carbocycles. The fraction of sp³-hybridized carbons (Fsp3) is 0.909. The molecule has 1 fully saturated rings. The first-order chi connectivity index (χ1) is 8.58. The van der Waals surface area contributed by atoms with E-state index in [9.17, 15) is 4.79 Å². The van der Waals surface area contributed by atoms with Gasteiger partial charge in [-0.25, -0.2) is 4.79 Å². The predicted octanol–water partition coefficient (Wildman–Crippen LogP) is -2.16. The van der Waals surface area contributed by atoms with Gasteiger partial charge in [-0.3, -0.25) is 9.80 Å². The van der Waals surface area contributed by atoms with Crippen molar-refractivity contribution in [3.63, 3.8) is 0 Å². The maximum atomic E-state index is 11.4. The number of ether oxygens (including phenoxy) is 1. The highest BCUT2D eigenvalue weighted by atomic mass is 16.6. The molecule has 0 amide bonds. The summed E-state index contributed by atoms with van der Waals surface area (Å²) < 4.78 is 5.20. The third kappa shape index (κ3) is 4.51. The number of aliphatic hydroxyl groups excluding tert-OH is 3. The van der Waals surface area contributed by atoms with E-state index in [0.717, 1.165) is 6.54 Å². The summed E-state index contributed by atoms with van der Waals surface area (Å²) in [5.74, 6) is -0.672. The average molecular weight is 262 g/mol. The summed E-state index contributed by atoms with van der Waals surface area (Å²) in [6.45, 7) is 4.22. The van der Waals surface area contributed by atoms with Crippen molar-refractivity contribution in [1.82, 2.24) is 9.80 Å². The molecule has 0 radical (unpaired) electrons. The van der Waals surface area contributed by atoms with Crippen LogP contribution < -0.4 is 0 Å². The van der Waals surface area contributed by atoms with Crippen LogP contribution in [0.25, 0.3) is 0 Å². The summed E-state index contributed by atoms with van der Waals surface area (Å²) >= 11 is 0. The lowest BCUT2D eigenvalue weighted by molar-refractivity contribution is -0.175. The van der Waals surface area contributed by atoms with E-state index in [1.165, 1.54) is 6.92 Å². The van der Waals surface area contributed by atoms with Crippen molar-refractivity contribution < 1.29 is 24.9 Å². The smallest absolute Gasteiger partial charge is 0.336 e. The summed E-state index contributed by atoms with van der Waals surface area (Å²) in [6.07, 6.45) is -1.64. The maximum absolute atomic E-state index is 11.4. The number of hydrogen-bond acceptors (Lipinski definition) is 7. The molecule has 1 saturated heterocycles. The van der Waals surface area contributed by atoms with Crippen LogP contribution in [0.3, 0.4) is 0 Å². The molecule has 1 aliphatic heterocycles. The fourth-order valence-electron chi connectivity index (χ4n) is 1.91. The molecule has 0 spiro atoms. The van der Waals surface area contributed by atoms with Gasteiger partial charge in [-0.05, 0) is 6.92 Å². The Morgan fingerprint density at radius 2 is 2.00 bits per heavy atom. The molecule has 7 nitrogen and oxygen atoms in total. The van der Waals surface area contributed by atoms with Crippen LogP contribution in [0, 0.1) is 0 Å². The maximum Gasteiger partial charge on any atom is 0.336 e. The van der Waals surface area contributed by atoms with Crippen LogP contribution in [-0.4, -0.2) is 89.4 Å². The zero-order valence-electron chi connectivity index (χ0n) is 10.7. The molecule has 1 aliphatic rings. The molecule has 18 heavy (non-hydrogen) atoms. The molecule has 106 valence electrons. The highest BCUT2D eigenvalue weighted by molar-refractivity contribution is 5.73. The van der Waals surface area contributed by atoms with E-state index in [0.29, 0.717) is 26.2 Å². The van der Waals surface area contributed by atoms with Crippen LogP contribution in [0.15, 0.2) is 0 Å². The second-order valence-corrected chi connectivity index (χ2v) is 4.35. The van der Waals surface area contributed by atoms with E-state index in [1.807, 2.05) is 9.80 Å². The highest BCUT2D eigenvalue weighted by Gasteiger charge is 2.30. The Morgan fingerprint density at radius 3 is 2.56 bits per heavy atom. The van der Waals surface area contributed by atoms with Crippen LogP contribution >= 0.6 is 0 Å². The average Bonchev–Trinajstić information content (AvgIpc) is 2.33. The number of carbonyl (C=O) groups is 1. The lowest BCUT2D eigenvalue weighted by Gasteiger charge is -2.40. The SMILES string of the molecule is CC(O)C(=O)OC1CN(CCO)CCN1CCO. The third-order valence-corrected chi connectivity index (χ3v) is 2.92. The summed E-state index contributed by atoms with van der Waals surface area (Å²) in [4.78, 5) is 15.2. The fourth-order valence-corrected chi connectivity index (χ4v) is 1.91. The molecule has 1 rings (SSSR count). The number of piperazine rings is 1. The summed E-state index contributed by atoms with van der Waals surface area (Å²) in [6, 6.07) is 0. The van der Waals surface area contributed by atoms with E-state index in [-0.39, 0.29) is 13.2 Å². The van der Waals surface area contributed by atoms with Gasteiger partial charge in [-0.1, -0.05) is 0 Å². The van der Waals surface area contributed by atoms with Gasteiger partial charge in [0.15, 0.2) is 6.23 Å². The number of rotatable bonds is 6. The van der Waals surface area contributed by atoms with Crippen molar-refractivity contribution in [2.45, 2.75) is 19.3 Å². The molecule has 7 heteroatoms. The minimum absolute atomic E-state index is 0.0112. The van der Waals surface area contributed by atoms with Crippen LogP contribution in [0.1, 0.15) is 6.92 Å². The molecule has 3 N–H and O–H groups in total. The van der Waals surface area contributed by atoms with Crippen molar-refractivity contribution in [1.29, 1.82) is 0 Å². The molecule has 0 aromatic rings. The Morgan fingerprint density at radius 1 is 1.33 bits per heavy atom. The number of esters is 1. The Labute approximate surface area is 107 Å². The number of β-amino-alcohol motifs (C(OH)–C–C–N with tert-alkyl or cyclic N) is 2. The first-order valence-electron chi connectivity index (χ1n) is 6.15. The van der Waals surface area contributed by atoms with Gasteiger partial charge in [0.1, 0.15) is 6.10 Å². The zero-order valence-corrected chi connectivity index (χ0v) is 10.7. The number of aliphatic hydroxyl groups is 3. The van der Waals surface area contributed by atoms with Crippen LogP contribution in [-0.2, 0) is 9.53 Å². The van der Waals surface area contributed by atoms with Gasteiger partial charge >= 0.3 is 5.97 Å². The quantitative estimate of drug-likeness (QED) is 0.469. The van der Waals surface area contributed by atoms with Crippen molar-refractivity contribution >= 4 is 5.97 Å². The van der Waals surface area contributed by atoms with Gasteiger partial charge < -0.3 is 20.1 Å². The molecule has 1 heterocycles. The Kier molecular flexibility index (Phi) is 6.51. The third-order valence-electron chi connectivity index (χ3n) is 2.92. The van der Waals surface area contributed by atoms with E-state index in [2.05, 4.69) is 0 Å². The summed E-state index contributed by atoms with van der Waals surface area (Å²) in [5, 5.41) is 27.0. The monoisotopic (exact) mass is 262 g/mol. The van der Waals surface area contributed by atoms with E-state index >= 15 is 0 Å². The molecular formula is C11H22N2O5. The lowest BCUT2D eigenvalue weighted by Crippen LogP contribution is -2.56. The standard InChI is InChI=1S/C11H22N2O5/c1-9(16)11(17)18-10-8-12(4-6-14)2-3-13(10)5-7-15/h9-10,14-16H,2-8H2,1H3. The highest BCUT2D eigenvalue weighted by Crippen LogP contribution is 2.11. The summed E-state index contributed by atoms with van der Waals surface area (Å²) in [5.41, 5.74) is 0. The largest absolute Gasteiger partial charge is 0.443 e. The second kappa shape index (κ2) is 7.65. The molecular weight excluding hydrogens is 240 g/mol. The van der Waals surface area contributed by atoms with Crippen molar-refractivity contribution in [3.8, 4) is 0 Å². The first kappa shape index (κ1) is 15.3. The van der Waals surface area contributed by atoms with Gasteiger partial charge in [0.05, 0.1) is 13.2 Å². The number of carbonyl (C=O) groups excluding carboxylic acids is 1. The van der Waals surface area contributed by atoms with Crippen LogP contribution in [0.5, 0.6) is 0 Å².